The zero-order valence-corrected chi connectivity index (χ0v) is 14.6. The zero-order valence-electron chi connectivity index (χ0n) is 13.0. The highest BCUT2D eigenvalue weighted by Crippen LogP contribution is 2.29. The van der Waals surface area contributed by atoms with Crippen molar-refractivity contribution in [3.63, 3.8) is 0 Å². The number of hydrogen-bond donors (Lipinski definition) is 2. The number of sulfonamides is 1. The first kappa shape index (κ1) is 21.0. The fourth-order valence-corrected chi connectivity index (χ4v) is 4.03. The Bertz CT molecular complexity index is 634. The van der Waals surface area contributed by atoms with Crippen molar-refractivity contribution in [2.75, 3.05) is 13.1 Å². The molecule has 1 aliphatic heterocycles. The minimum atomic E-state index is -4.95. The molecule has 0 aliphatic carbocycles. The highest BCUT2D eigenvalue weighted by molar-refractivity contribution is 7.89. The van der Waals surface area contributed by atoms with Crippen molar-refractivity contribution in [2.45, 2.75) is 37.1 Å². The summed E-state index contributed by atoms with van der Waals surface area (Å²) in [4.78, 5) is -0.520. The van der Waals surface area contributed by atoms with E-state index in [9.17, 15) is 21.6 Å². The van der Waals surface area contributed by atoms with E-state index in [4.69, 9.17) is 0 Å². The summed E-state index contributed by atoms with van der Waals surface area (Å²) in [6.07, 6.45) is -3.16. The van der Waals surface area contributed by atoms with E-state index in [1.165, 1.54) is 12.1 Å². The lowest BCUT2D eigenvalue weighted by atomic mass is 9.94. The highest BCUT2D eigenvalue weighted by Gasteiger charge is 2.34. The maximum Gasteiger partial charge on any atom is 0.573 e. The minimum Gasteiger partial charge on any atom is -0.404 e. The second-order valence-corrected chi connectivity index (χ2v) is 7.19. The molecule has 10 heteroatoms. The van der Waals surface area contributed by atoms with Crippen molar-refractivity contribution in [1.29, 1.82) is 0 Å². The maximum atomic E-state index is 12.4. The van der Waals surface area contributed by atoms with Gasteiger partial charge in [0.05, 0.1) is 0 Å². The van der Waals surface area contributed by atoms with Crippen LogP contribution >= 0.6 is 12.4 Å². The van der Waals surface area contributed by atoms with Crippen molar-refractivity contribution >= 4 is 22.4 Å². The van der Waals surface area contributed by atoms with Crippen LogP contribution in [0.2, 0.25) is 0 Å². The quantitative estimate of drug-likeness (QED) is 0.813. The molecule has 1 fully saturated rings. The summed E-state index contributed by atoms with van der Waals surface area (Å²) in [6.45, 7) is 3.27. The van der Waals surface area contributed by atoms with E-state index in [2.05, 4.69) is 14.8 Å². The minimum absolute atomic E-state index is 0. The Morgan fingerprint density at radius 1 is 1.33 bits per heavy atom. The Morgan fingerprint density at radius 3 is 2.58 bits per heavy atom. The molecule has 1 aromatic rings. The van der Waals surface area contributed by atoms with Crippen molar-refractivity contribution in [3.05, 3.63) is 24.3 Å². The first-order chi connectivity index (χ1) is 10.7. The Morgan fingerprint density at radius 2 is 2.00 bits per heavy atom. The van der Waals surface area contributed by atoms with Crippen LogP contribution in [0.4, 0.5) is 13.2 Å². The molecule has 0 radical (unpaired) electrons. The molecule has 2 unspecified atom stereocenters. The predicted octanol–water partition coefficient (Wildman–Crippen LogP) is 2.67. The molecule has 2 atom stereocenters. The van der Waals surface area contributed by atoms with Gasteiger partial charge < -0.3 is 10.1 Å². The number of nitrogens with one attached hydrogen (secondary N) is 2. The van der Waals surface area contributed by atoms with Crippen LogP contribution < -0.4 is 14.8 Å². The standard InChI is InChI=1S/C14H19F3N2O3S.ClH/c1-10(11-5-4-8-18-9-11)19-23(20,21)13-7-3-2-6-12(13)22-14(15,16)17;/h2-3,6-7,10-11,18-19H,4-5,8-9H2,1H3;1H. The second kappa shape index (κ2) is 8.37. The number of rotatable bonds is 5. The summed E-state index contributed by atoms with van der Waals surface area (Å²) in [6, 6.07) is 4.32. The molecule has 0 bridgehead atoms. The first-order valence-corrected chi connectivity index (χ1v) is 8.75. The van der Waals surface area contributed by atoms with Gasteiger partial charge >= 0.3 is 6.36 Å². The van der Waals surface area contributed by atoms with Gasteiger partial charge in [0, 0.05) is 6.04 Å². The van der Waals surface area contributed by atoms with Gasteiger partial charge in [-0.25, -0.2) is 13.1 Å². The van der Waals surface area contributed by atoms with E-state index in [0.717, 1.165) is 31.5 Å². The van der Waals surface area contributed by atoms with Crippen LogP contribution in [0, 0.1) is 5.92 Å². The molecule has 0 spiro atoms. The van der Waals surface area contributed by atoms with Crippen LogP contribution in [0.1, 0.15) is 19.8 Å². The molecule has 5 nitrogen and oxygen atoms in total. The number of ether oxygens (including phenoxy) is 1. The average molecular weight is 389 g/mol. The lowest BCUT2D eigenvalue weighted by molar-refractivity contribution is -0.275. The summed E-state index contributed by atoms with van der Waals surface area (Å²) < 4.78 is 68.3. The van der Waals surface area contributed by atoms with E-state index in [1.807, 2.05) is 0 Å². The Hall–Kier alpha value is -1.03. The summed E-state index contributed by atoms with van der Waals surface area (Å²) in [5, 5.41) is 3.18. The summed E-state index contributed by atoms with van der Waals surface area (Å²) in [5.41, 5.74) is 0. The van der Waals surface area contributed by atoms with Crippen LogP contribution in [0.3, 0.4) is 0 Å². The molecule has 2 N–H and O–H groups in total. The summed E-state index contributed by atoms with van der Waals surface area (Å²) in [5.74, 6) is -0.643. The second-order valence-electron chi connectivity index (χ2n) is 5.51. The number of alkyl halides is 3. The molecule has 1 heterocycles. The molecule has 0 amide bonds. The molecule has 2 rings (SSSR count). The number of piperidine rings is 1. The van der Waals surface area contributed by atoms with Gasteiger partial charge in [-0.2, -0.15) is 0 Å². The first-order valence-electron chi connectivity index (χ1n) is 7.27. The van der Waals surface area contributed by atoms with Gasteiger partial charge in [-0.3, -0.25) is 0 Å². The van der Waals surface area contributed by atoms with Crippen LogP contribution in [-0.4, -0.2) is 33.9 Å². The molecular formula is C14H20ClF3N2O3S. The van der Waals surface area contributed by atoms with E-state index in [1.54, 1.807) is 6.92 Å². The van der Waals surface area contributed by atoms with Crippen LogP contribution in [0.5, 0.6) is 5.75 Å². The zero-order chi connectivity index (χ0) is 17.1. The van der Waals surface area contributed by atoms with E-state index < -0.39 is 33.1 Å². The lowest BCUT2D eigenvalue weighted by Crippen LogP contribution is -2.44. The number of halogens is 4. The van der Waals surface area contributed by atoms with Crippen LogP contribution in [0.25, 0.3) is 0 Å². The molecule has 24 heavy (non-hydrogen) atoms. The molecule has 1 aromatic carbocycles. The maximum absolute atomic E-state index is 12.4. The molecule has 0 saturated carbocycles. The molecule has 1 aliphatic rings. The third kappa shape index (κ3) is 5.80. The Balaban J connectivity index is 0.00000288. The third-order valence-electron chi connectivity index (χ3n) is 3.75. The van der Waals surface area contributed by atoms with Gasteiger partial charge in [0.25, 0.3) is 0 Å². The van der Waals surface area contributed by atoms with Crippen molar-refractivity contribution in [3.8, 4) is 5.75 Å². The van der Waals surface area contributed by atoms with Gasteiger partial charge in [-0.15, -0.1) is 25.6 Å². The van der Waals surface area contributed by atoms with Crippen LogP contribution in [0.15, 0.2) is 29.2 Å². The number of hydrogen-bond acceptors (Lipinski definition) is 4. The highest BCUT2D eigenvalue weighted by atomic mass is 35.5. The summed E-state index contributed by atoms with van der Waals surface area (Å²) >= 11 is 0. The molecule has 138 valence electrons. The molecule has 1 saturated heterocycles. The van der Waals surface area contributed by atoms with E-state index in [0.29, 0.717) is 6.54 Å². The number of para-hydroxylation sites is 1. The van der Waals surface area contributed by atoms with Crippen molar-refractivity contribution in [2.24, 2.45) is 5.92 Å². The van der Waals surface area contributed by atoms with Gasteiger partial charge in [-0.1, -0.05) is 12.1 Å². The van der Waals surface area contributed by atoms with Gasteiger partial charge in [0.15, 0.2) is 0 Å². The lowest BCUT2D eigenvalue weighted by Gasteiger charge is -2.29. The van der Waals surface area contributed by atoms with Gasteiger partial charge in [-0.05, 0) is 50.9 Å². The normalized spacial score (nSPS) is 20.1. The topological polar surface area (TPSA) is 67.4 Å². The predicted molar refractivity (Wildman–Crippen MR) is 85.8 cm³/mol. The van der Waals surface area contributed by atoms with Gasteiger partial charge in [0.2, 0.25) is 10.0 Å². The summed E-state index contributed by atoms with van der Waals surface area (Å²) in [7, 11) is -4.11. The van der Waals surface area contributed by atoms with Crippen LogP contribution in [-0.2, 0) is 10.0 Å². The Kier molecular flexibility index (Phi) is 7.33. The van der Waals surface area contributed by atoms with E-state index >= 15 is 0 Å². The number of benzene rings is 1. The molecule has 0 aromatic heterocycles. The average Bonchev–Trinajstić information content (AvgIpc) is 2.46. The smallest absolute Gasteiger partial charge is 0.404 e. The van der Waals surface area contributed by atoms with Crippen molar-refractivity contribution < 1.29 is 26.3 Å². The fourth-order valence-electron chi connectivity index (χ4n) is 2.59. The SMILES string of the molecule is CC(NS(=O)(=O)c1ccccc1OC(F)(F)F)C1CCCNC1.Cl. The fraction of sp³-hybridized carbons (Fsp3) is 0.571. The molecular weight excluding hydrogens is 369 g/mol. The van der Waals surface area contributed by atoms with E-state index in [-0.39, 0.29) is 18.3 Å². The largest absolute Gasteiger partial charge is 0.573 e. The van der Waals surface area contributed by atoms with Crippen molar-refractivity contribution in [1.82, 2.24) is 10.0 Å². The monoisotopic (exact) mass is 388 g/mol. The third-order valence-corrected chi connectivity index (χ3v) is 5.35. The van der Waals surface area contributed by atoms with Gasteiger partial charge in [0.1, 0.15) is 10.6 Å². The Labute approximate surface area is 145 Å².